The third-order valence-corrected chi connectivity index (χ3v) is 3.05. The molecule has 0 atom stereocenters. The average molecular weight is 233 g/mol. The SMILES string of the molecule is O=C(/C1=C/CCCCCC1)c1cncc(F)c1. The first-order valence-electron chi connectivity index (χ1n) is 6.11. The molecule has 1 aromatic heterocycles. The van der Waals surface area contributed by atoms with Crippen molar-refractivity contribution in [1.82, 2.24) is 4.98 Å². The zero-order valence-electron chi connectivity index (χ0n) is 9.79. The number of Topliss-reactive ketones (excluding diaryl/α,β-unsaturated/α-hetero) is 1. The lowest BCUT2D eigenvalue weighted by atomic mass is 9.95. The summed E-state index contributed by atoms with van der Waals surface area (Å²) >= 11 is 0. The number of allylic oxidation sites excluding steroid dienone is 2. The minimum absolute atomic E-state index is 0.0705. The van der Waals surface area contributed by atoms with Gasteiger partial charge in [-0.2, -0.15) is 0 Å². The van der Waals surface area contributed by atoms with Crippen LogP contribution in [0.2, 0.25) is 0 Å². The molecule has 17 heavy (non-hydrogen) atoms. The summed E-state index contributed by atoms with van der Waals surface area (Å²) in [6.45, 7) is 0. The van der Waals surface area contributed by atoms with Crippen LogP contribution in [0, 0.1) is 5.82 Å². The van der Waals surface area contributed by atoms with Crippen molar-refractivity contribution in [2.24, 2.45) is 0 Å². The van der Waals surface area contributed by atoms with Crippen molar-refractivity contribution in [2.45, 2.75) is 38.5 Å². The lowest BCUT2D eigenvalue weighted by Crippen LogP contribution is -2.06. The standard InChI is InChI=1S/C14H16FNO/c15-13-8-12(9-16-10-13)14(17)11-6-4-2-1-3-5-7-11/h6,8-10H,1-5,7H2/b11-6+. The first kappa shape index (κ1) is 12.0. The lowest BCUT2D eigenvalue weighted by Gasteiger charge is -2.10. The lowest BCUT2D eigenvalue weighted by molar-refractivity contribution is 0.102. The molecule has 2 rings (SSSR count). The molecular weight excluding hydrogens is 217 g/mol. The van der Waals surface area contributed by atoms with E-state index in [0.29, 0.717) is 5.56 Å². The fourth-order valence-electron chi connectivity index (χ4n) is 2.12. The molecule has 2 nitrogen and oxygen atoms in total. The van der Waals surface area contributed by atoms with E-state index in [1.807, 2.05) is 6.08 Å². The number of ketones is 1. The largest absolute Gasteiger partial charge is 0.289 e. The quantitative estimate of drug-likeness (QED) is 0.729. The van der Waals surface area contributed by atoms with E-state index in [1.54, 1.807) is 0 Å². The smallest absolute Gasteiger partial charge is 0.190 e. The van der Waals surface area contributed by atoms with E-state index >= 15 is 0 Å². The summed E-state index contributed by atoms with van der Waals surface area (Å²) in [4.78, 5) is 15.9. The van der Waals surface area contributed by atoms with E-state index in [2.05, 4.69) is 4.98 Å². The van der Waals surface area contributed by atoms with E-state index in [9.17, 15) is 9.18 Å². The molecule has 0 fully saturated rings. The molecule has 0 amide bonds. The molecule has 0 spiro atoms. The Morgan fingerprint density at radius 3 is 2.82 bits per heavy atom. The number of nitrogens with zero attached hydrogens (tertiary/aromatic N) is 1. The summed E-state index contributed by atoms with van der Waals surface area (Å²) in [6.07, 6.45) is 10.9. The molecule has 1 heterocycles. The Hall–Kier alpha value is -1.51. The molecule has 0 radical (unpaired) electrons. The van der Waals surface area contributed by atoms with Gasteiger partial charge in [0.05, 0.1) is 6.20 Å². The highest BCUT2D eigenvalue weighted by atomic mass is 19.1. The summed E-state index contributed by atoms with van der Waals surface area (Å²) in [5, 5.41) is 0. The average Bonchev–Trinajstić information content (AvgIpc) is 2.28. The van der Waals surface area contributed by atoms with Crippen molar-refractivity contribution in [3.8, 4) is 0 Å². The van der Waals surface area contributed by atoms with Crippen molar-refractivity contribution in [2.75, 3.05) is 0 Å². The number of carbonyl (C=O) groups excluding carboxylic acids is 1. The van der Waals surface area contributed by atoms with Gasteiger partial charge in [-0.15, -0.1) is 0 Å². The predicted molar refractivity (Wildman–Crippen MR) is 64.3 cm³/mol. The summed E-state index contributed by atoms with van der Waals surface area (Å²) in [6, 6.07) is 1.26. The van der Waals surface area contributed by atoms with Crippen molar-refractivity contribution in [3.05, 3.63) is 41.5 Å². The highest BCUT2D eigenvalue weighted by Crippen LogP contribution is 2.20. The Labute approximate surface area is 101 Å². The second-order valence-corrected chi connectivity index (χ2v) is 4.40. The molecular formula is C14H16FNO. The fraction of sp³-hybridized carbons (Fsp3) is 0.429. The highest BCUT2D eigenvalue weighted by Gasteiger charge is 2.14. The highest BCUT2D eigenvalue weighted by molar-refractivity contribution is 6.08. The van der Waals surface area contributed by atoms with Gasteiger partial charge in [0.25, 0.3) is 0 Å². The number of pyridine rings is 1. The minimum Gasteiger partial charge on any atom is -0.289 e. The first-order chi connectivity index (χ1) is 8.27. The Morgan fingerprint density at radius 2 is 2.00 bits per heavy atom. The van der Waals surface area contributed by atoms with Gasteiger partial charge in [0.1, 0.15) is 5.82 Å². The van der Waals surface area contributed by atoms with E-state index in [0.717, 1.165) is 37.5 Å². The monoisotopic (exact) mass is 233 g/mol. The molecule has 0 bridgehead atoms. The predicted octanol–water partition coefficient (Wildman–Crippen LogP) is 3.68. The van der Waals surface area contributed by atoms with Gasteiger partial charge in [-0.1, -0.05) is 18.9 Å². The molecule has 1 aromatic rings. The Balaban J connectivity index is 2.18. The normalized spacial score (nSPS) is 19.9. The Morgan fingerprint density at radius 1 is 1.18 bits per heavy atom. The van der Waals surface area contributed by atoms with Gasteiger partial charge >= 0.3 is 0 Å². The van der Waals surface area contributed by atoms with Gasteiger partial charge in [-0.25, -0.2) is 4.39 Å². The van der Waals surface area contributed by atoms with Crippen LogP contribution >= 0.6 is 0 Å². The van der Waals surface area contributed by atoms with E-state index in [4.69, 9.17) is 0 Å². The second kappa shape index (κ2) is 5.71. The van der Waals surface area contributed by atoms with Crippen molar-refractivity contribution in [3.63, 3.8) is 0 Å². The first-order valence-corrected chi connectivity index (χ1v) is 6.11. The number of hydrogen-bond acceptors (Lipinski definition) is 2. The van der Waals surface area contributed by atoms with Crippen LogP contribution in [0.25, 0.3) is 0 Å². The maximum atomic E-state index is 13.0. The van der Waals surface area contributed by atoms with Crippen LogP contribution in [-0.2, 0) is 0 Å². The molecule has 3 heteroatoms. The van der Waals surface area contributed by atoms with Gasteiger partial charge < -0.3 is 0 Å². The molecule has 1 aliphatic rings. The van der Waals surface area contributed by atoms with Crippen LogP contribution in [0.15, 0.2) is 30.1 Å². The van der Waals surface area contributed by atoms with Crippen molar-refractivity contribution < 1.29 is 9.18 Å². The molecule has 0 unspecified atom stereocenters. The Kier molecular flexibility index (Phi) is 4.02. The maximum absolute atomic E-state index is 13.0. The summed E-state index contributed by atoms with van der Waals surface area (Å²) < 4.78 is 13.0. The zero-order chi connectivity index (χ0) is 12.1. The van der Waals surface area contributed by atoms with Gasteiger partial charge in [-0.3, -0.25) is 9.78 Å². The number of aromatic nitrogens is 1. The Bertz CT molecular complexity index is 440. The van der Waals surface area contributed by atoms with Crippen molar-refractivity contribution in [1.29, 1.82) is 0 Å². The topological polar surface area (TPSA) is 30.0 Å². The zero-order valence-corrected chi connectivity index (χ0v) is 9.79. The van der Waals surface area contributed by atoms with Crippen LogP contribution in [0.3, 0.4) is 0 Å². The van der Waals surface area contributed by atoms with Gasteiger partial charge in [0, 0.05) is 11.8 Å². The van der Waals surface area contributed by atoms with Crippen LogP contribution in [-0.4, -0.2) is 10.8 Å². The number of hydrogen-bond donors (Lipinski definition) is 0. The van der Waals surface area contributed by atoms with Crippen LogP contribution in [0.1, 0.15) is 48.9 Å². The van der Waals surface area contributed by atoms with Gasteiger partial charge in [0.15, 0.2) is 5.78 Å². The molecule has 0 aromatic carbocycles. The molecule has 0 N–H and O–H groups in total. The second-order valence-electron chi connectivity index (χ2n) is 4.40. The third kappa shape index (κ3) is 3.22. The molecule has 0 saturated heterocycles. The van der Waals surface area contributed by atoms with Crippen LogP contribution in [0.5, 0.6) is 0 Å². The third-order valence-electron chi connectivity index (χ3n) is 3.05. The van der Waals surface area contributed by atoms with E-state index in [1.165, 1.54) is 25.1 Å². The number of halogens is 1. The summed E-state index contributed by atoms with van der Waals surface area (Å²) in [5.41, 5.74) is 1.17. The van der Waals surface area contributed by atoms with Crippen molar-refractivity contribution >= 4 is 5.78 Å². The minimum atomic E-state index is -0.456. The molecule has 1 aliphatic carbocycles. The summed E-state index contributed by atoms with van der Waals surface area (Å²) in [7, 11) is 0. The van der Waals surface area contributed by atoms with Crippen LogP contribution in [0.4, 0.5) is 4.39 Å². The maximum Gasteiger partial charge on any atom is 0.190 e. The fourth-order valence-corrected chi connectivity index (χ4v) is 2.12. The van der Waals surface area contributed by atoms with Gasteiger partial charge in [-0.05, 0) is 37.3 Å². The number of rotatable bonds is 2. The van der Waals surface area contributed by atoms with E-state index in [-0.39, 0.29) is 5.78 Å². The van der Waals surface area contributed by atoms with E-state index < -0.39 is 5.82 Å². The molecule has 0 saturated carbocycles. The van der Waals surface area contributed by atoms with Gasteiger partial charge in [0.2, 0.25) is 0 Å². The van der Waals surface area contributed by atoms with Crippen LogP contribution < -0.4 is 0 Å². The molecule has 0 aliphatic heterocycles. The summed E-state index contributed by atoms with van der Waals surface area (Å²) in [5.74, 6) is -0.527. The molecule has 90 valence electrons. The number of carbonyl (C=O) groups is 1.